The Bertz CT molecular complexity index is 1160. The fraction of sp³-hybridized carbons (Fsp3) is 0.250. The molecule has 0 amide bonds. The van der Waals surface area contributed by atoms with Crippen molar-refractivity contribution in [1.29, 1.82) is 0 Å². The van der Waals surface area contributed by atoms with E-state index in [4.69, 9.17) is 4.74 Å². The highest BCUT2D eigenvalue weighted by Gasteiger charge is 2.52. The van der Waals surface area contributed by atoms with E-state index in [1.165, 1.54) is 0 Å². The molecule has 4 heteroatoms. The summed E-state index contributed by atoms with van der Waals surface area (Å²) in [7, 11) is 0. The summed E-state index contributed by atoms with van der Waals surface area (Å²) < 4.78 is 5.96. The molecule has 2 bridgehead atoms. The van der Waals surface area contributed by atoms with Gasteiger partial charge in [0, 0.05) is 10.8 Å². The smallest absolute Gasteiger partial charge is 0.315 e. The predicted molar refractivity (Wildman–Crippen MR) is 107 cm³/mol. The van der Waals surface area contributed by atoms with Crippen LogP contribution < -0.4 is 4.74 Å². The van der Waals surface area contributed by atoms with E-state index in [1.807, 2.05) is 55.5 Å². The molecular weight excluding hydrogens is 352 g/mol. The number of aryl methyl sites for hydroxylation is 1. The molecule has 3 aromatic rings. The van der Waals surface area contributed by atoms with Crippen molar-refractivity contribution in [2.24, 2.45) is 23.7 Å². The third kappa shape index (κ3) is 2.52. The zero-order valence-electron chi connectivity index (χ0n) is 15.5. The summed E-state index contributed by atoms with van der Waals surface area (Å²) in [5, 5.41) is 13.4. The summed E-state index contributed by atoms with van der Waals surface area (Å²) in [6.45, 7) is 2.03. The minimum Gasteiger partial charge on any atom is -0.481 e. The first-order valence-corrected chi connectivity index (χ1v) is 9.58. The maximum Gasteiger partial charge on any atom is 0.315 e. The lowest BCUT2D eigenvalue weighted by Gasteiger charge is -2.23. The van der Waals surface area contributed by atoms with Crippen LogP contribution in [0, 0.1) is 30.6 Å². The number of esters is 1. The largest absolute Gasteiger partial charge is 0.481 e. The number of carbonyl (C=O) groups is 2. The molecule has 5 rings (SSSR count). The van der Waals surface area contributed by atoms with E-state index < -0.39 is 23.8 Å². The zero-order chi connectivity index (χ0) is 19.4. The monoisotopic (exact) mass is 372 g/mol. The summed E-state index contributed by atoms with van der Waals surface area (Å²) >= 11 is 0. The van der Waals surface area contributed by atoms with Crippen LogP contribution >= 0.6 is 0 Å². The number of hydrogen-bond donors (Lipinski definition) is 1. The molecule has 0 spiro atoms. The van der Waals surface area contributed by atoms with Gasteiger partial charge in [-0.05, 0) is 42.0 Å². The molecule has 4 unspecified atom stereocenters. The van der Waals surface area contributed by atoms with Gasteiger partial charge in [-0.2, -0.15) is 0 Å². The Labute approximate surface area is 162 Å². The quantitative estimate of drug-likeness (QED) is 0.312. The fourth-order valence-electron chi connectivity index (χ4n) is 4.91. The third-order valence-corrected chi connectivity index (χ3v) is 6.19. The first-order valence-electron chi connectivity index (χ1n) is 9.58. The van der Waals surface area contributed by atoms with Crippen LogP contribution in [-0.4, -0.2) is 17.0 Å². The second-order valence-electron chi connectivity index (χ2n) is 7.91. The van der Waals surface area contributed by atoms with Gasteiger partial charge < -0.3 is 9.84 Å². The van der Waals surface area contributed by atoms with Gasteiger partial charge in [-0.25, -0.2) is 0 Å². The van der Waals surface area contributed by atoms with Crippen LogP contribution in [0.25, 0.3) is 21.5 Å². The van der Waals surface area contributed by atoms with Gasteiger partial charge in [0.05, 0.1) is 11.8 Å². The number of hydrogen-bond acceptors (Lipinski definition) is 3. The molecule has 0 heterocycles. The molecule has 28 heavy (non-hydrogen) atoms. The topological polar surface area (TPSA) is 63.6 Å². The second kappa shape index (κ2) is 6.20. The minimum absolute atomic E-state index is 0.0536. The normalized spacial score (nSPS) is 25.5. The van der Waals surface area contributed by atoms with Gasteiger partial charge in [0.1, 0.15) is 5.75 Å². The molecule has 1 fully saturated rings. The Morgan fingerprint density at radius 2 is 1.64 bits per heavy atom. The number of ether oxygens (including phenoxy) is 1. The number of allylic oxidation sites excluding steroid dienone is 2. The number of carboxylic acids is 1. The Kier molecular flexibility index (Phi) is 3.76. The molecule has 3 aromatic carbocycles. The predicted octanol–water partition coefficient (Wildman–Crippen LogP) is 4.73. The molecule has 0 saturated heterocycles. The first kappa shape index (κ1) is 17.0. The van der Waals surface area contributed by atoms with Crippen LogP contribution in [0.4, 0.5) is 0 Å². The van der Waals surface area contributed by atoms with Crippen molar-refractivity contribution in [1.82, 2.24) is 0 Å². The van der Waals surface area contributed by atoms with E-state index >= 15 is 0 Å². The SMILES string of the molecule is Cc1ccc2c(OC(=O)C3C4C=CC(C4)C3C(=O)O)c3ccccc3cc2c1. The van der Waals surface area contributed by atoms with Crippen molar-refractivity contribution in [3.05, 3.63) is 66.2 Å². The van der Waals surface area contributed by atoms with Gasteiger partial charge in [-0.1, -0.05) is 60.2 Å². The molecule has 4 nitrogen and oxygen atoms in total. The van der Waals surface area contributed by atoms with Crippen molar-refractivity contribution < 1.29 is 19.4 Å². The first-order chi connectivity index (χ1) is 13.5. The van der Waals surface area contributed by atoms with Crippen molar-refractivity contribution in [2.75, 3.05) is 0 Å². The Hall–Kier alpha value is -3.14. The van der Waals surface area contributed by atoms with E-state index in [-0.39, 0.29) is 11.8 Å². The van der Waals surface area contributed by atoms with Crippen molar-refractivity contribution in [3.8, 4) is 5.75 Å². The number of benzene rings is 3. The van der Waals surface area contributed by atoms with Crippen LogP contribution in [0.15, 0.2) is 60.7 Å². The molecule has 2 aliphatic rings. The number of carbonyl (C=O) groups excluding carboxylic acids is 1. The lowest BCUT2D eigenvalue weighted by Crippen LogP contribution is -2.35. The van der Waals surface area contributed by atoms with Gasteiger partial charge in [0.15, 0.2) is 0 Å². The molecule has 1 N–H and O–H groups in total. The fourth-order valence-corrected chi connectivity index (χ4v) is 4.91. The Morgan fingerprint density at radius 1 is 0.929 bits per heavy atom. The van der Waals surface area contributed by atoms with E-state index in [2.05, 4.69) is 12.1 Å². The Morgan fingerprint density at radius 3 is 2.43 bits per heavy atom. The average Bonchev–Trinajstić information content (AvgIpc) is 3.29. The van der Waals surface area contributed by atoms with Gasteiger partial charge in [0.25, 0.3) is 0 Å². The second-order valence-corrected chi connectivity index (χ2v) is 7.91. The highest BCUT2D eigenvalue weighted by molar-refractivity contribution is 6.07. The van der Waals surface area contributed by atoms with E-state index in [0.29, 0.717) is 12.2 Å². The Balaban J connectivity index is 1.62. The number of aliphatic carboxylic acids is 1. The van der Waals surface area contributed by atoms with Crippen molar-refractivity contribution in [3.63, 3.8) is 0 Å². The van der Waals surface area contributed by atoms with Crippen LogP contribution in [0.2, 0.25) is 0 Å². The minimum atomic E-state index is -0.919. The van der Waals surface area contributed by atoms with Crippen LogP contribution in [0.5, 0.6) is 5.75 Å². The zero-order valence-corrected chi connectivity index (χ0v) is 15.5. The van der Waals surface area contributed by atoms with Gasteiger partial charge in [-0.15, -0.1) is 0 Å². The average molecular weight is 372 g/mol. The summed E-state index contributed by atoms with van der Waals surface area (Å²) in [6, 6.07) is 15.9. The maximum atomic E-state index is 13.2. The van der Waals surface area contributed by atoms with E-state index in [1.54, 1.807) is 0 Å². The molecule has 1 saturated carbocycles. The standard InChI is InChI=1S/C24H20O4/c1-13-6-9-19-17(10-13)11-14-4-2-3-5-18(14)22(19)28-24(27)21-16-8-7-15(12-16)20(21)23(25)26/h2-11,15-16,20-21H,12H2,1H3,(H,25,26). The third-order valence-electron chi connectivity index (χ3n) is 6.19. The molecule has 0 aromatic heterocycles. The number of rotatable bonds is 3. The summed E-state index contributed by atoms with van der Waals surface area (Å²) in [5.74, 6) is -2.30. The maximum absolute atomic E-state index is 13.2. The van der Waals surface area contributed by atoms with Crippen LogP contribution in [-0.2, 0) is 9.59 Å². The molecule has 4 atom stereocenters. The molecule has 0 aliphatic heterocycles. The lowest BCUT2D eigenvalue weighted by molar-refractivity contribution is -0.152. The van der Waals surface area contributed by atoms with E-state index in [0.717, 1.165) is 27.1 Å². The number of carboxylic acid groups (broad SMARTS) is 1. The van der Waals surface area contributed by atoms with Crippen LogP contribution in [0.1, 0.15) is 12.0 Å². The molecule has 2 aliphatic carbocycles. The van der Waals surface area contributed by atoms with Gasteiger partial charge >= 0.3 is 11.9 Å². The molecule has 0 radical (unpaired) electrons. The molecule has 140 valence electrons. The molecular formula is C24H20O4. The highest BCUT2D eigenvalue weighted by atomic mass is 16.5. The number of fused-ring (bicyclic) bond motifs is 4. The van der Waals surface area contributed by atoms with Gasteiger partial charge in [-0.3, -0.25) is 9.59 Å². The lowest BCUT2D eigenvalue weighted by atomic mass is 9.83. The highest BCUT2D eigenvalue weighted by Crippen LogP contribution is 2.49. The van der Waals surface area contributed by atoms with Crippen molar-refractivity contribution in [2.45, 2.75) is 13.3 Å². The summed E-state index contributed by atoms with van der Waals surface area (Å²) in [6.07, 6.45) is 4.62. The van der Waals surface area contributed by atoms with Crippen molar-refractivity contribution >= 4 is 33.5 Å². The summed E-state index contributed by atoms with van der Waals surface area (Å²) in [4.78, 5) is 24.9. The van der Waals surface area contributed by atoms with Gasteiger partial charge in [0.2, 0.25) is 0 Å². The van der Waals surface area contributed by atoms with E-state index in [9.17, 15) is 14.7 Å². The summed E-state index contributed by atoms with van der Waals surface area (Å²) in [5.41, 5.74) is 1.13. The van der Waals surface area contributed by atoms with Crippen LogP contribution in [0.3, 0.4) is 0 Å².